The van der Waals surface area contributed by atoms with Crippen molar-refractivity contribution in [1.82, 2.24) is 10.1 Å². The summed E-state index contributed by atoms with van der Waals surface area (Å²) < 4.78 is 35.0. The van der Waals surface area contributed by atoms with Gasteiger partial charge in [-0.2, -0.15) is 4.98 Å². The van der Waals surface area contributed by atoms with Crippen LogP contribution in [0.5, 0.6) is 17.2 Å². The van der Waals surface area contributed by atoms with Gasteiger partial charge in [-0.05, 0) is 30.3 Å². The number of carbonyl (C=O) groups is 1. The van der Waals surface area contributed by atoms with E-state index in [0.29, 0.717) is 41.0 Å². The third-order valence-corrected chi connectivity index (χ3v) is 5.00. The molecule has 2 aliphatic heterocycles. The van der Waals surface area contributed by atoms with Crippen LogP contribution >= 0.6 is 0 Å². The first-order valence-electron chi connectivity index (χ1n) is 9.00. The van der Waals surface area contributed by atoms with Crippen LogP contribution < -0.4 is 19.1 Å². The van der Waals surface area contributed by atoms with Crippen LogP contribution in [0.25, 0.3) is 11.5 Å². The lowest BCUT2D eigenvalue weighted by Crippen LogP contribution is -2.24. The molecule has 9 heteroatoms. The molecule has 2 aromatic carbocycles. The highest BCUT2D eigenvalue weighted by Gasteiger charge is 2.35. The number of aromatic nitrogens is 2. The molecule has 29 heavy (non-hydrogen) atoms. The first kappa shape index (κ1) is 17.5. The van der Waals surface area contributed by atoms with Gasteiger partial charge in [0.1, 0.15) is 0 Å². The number of hydrogen-bond donors (Lipinski definition) is 0. The van der Waals surface area contributed by atoms with Crippen molar-refractivity contribution in [2.45, 2.75) is 12.3 Å². The second-order valence-corrected chi connectivity index (χ2v) is 6.75. The number of nitrogens with zero attached hydrogens (tertiary/aromatic N) is 3. The second-order valence-electron chi connectivity index (χ2n) is 6.75. The number of anilines is 1. The molecule has 3 heterocycles. The Balaban J connectivity index is 1.36. The molecule has 0 bridgehead atoms. The smallest absolute Gasteiger partial charge is 0.258 e. The Labute approximate surface area is 164 Å². The zero-order chi connectivity index (χ0) is 20.0. The van der Waals surface area contributed by atoms with E-state index in [0.717, 1.165) is 0 Å². The lowest BCUT2D eigenvalue weighted by atomic mass is 10.1. The van der Waals surface area contributed by atoms with Crippen molar-refractivity contribution in [1.29, 1.82) is 0 Å². The van der Waals surface area contributed by atoms with Crippen molar-refractivity contribution in [3.05, 3.63) is 48.0 Å². The highest BCUT2D eigenvalue weighted by Crippen LogP contribution is 2.37. The molecule has 0 N–H and O–H groups in total. The Morgan fingerprint density at radius 2 is 2.03 bits per heavy atom. The average Bonchev–Trinajstić information content (AvgIpc) is 3.46. The quantitative estimate of drug-likeness (QED) is 0.668. The van der Waals surface area contributed by atoms with Crippen LogP contribution in [0.1, 0.15) is 18.2 Å². The van der Waals surface area contributed by atoms with Gasteiger partial charge in [0.05, 0.1) is 7.11 Å². The van der Waals surface area contributed by atoms with Gasteiger partial charge >= 0.3 is 0 Å². The summed E-state index contributed by atoms with van der Waals surface area (Å²) in [6, 6.07) is 9.78. The molecule has 148 valence electrons. The zero-order valence-corrected chi connectivity index (χ0v) is 15.4. The molecule has 1 atom stereocenters. The lowest BCUT2D eigenvalue weighted by molar-refractivity contribution is -0.117. The van der Waals surface area contributed by atoms with Crippen molar-refractivity contribution in [3.63, 3.8) is 0 Å². The minimum Gasteiger partial charge on any atom is -0.494 e. The number of hydrogen-bond acceptors (Lipinski definition) is 7. The van der Waals surface area contributed by atoms with E-state index in [2.05, 4.69) is 10.1 Å². The van der Waals surface area contributed by atoms with Gasteiger partial charge in [0.15, 0.2) is 28.9 Å². The molecule has 0 aliphatic carbocycles. The molecule has 1 fully saturated rings. The number of rotatable bonds is 4. The summed E-state index contributed by atoms with van der Waals surface area (Å²) in [7, 11) is 1.39. The van der Waals surface area contributed by atoms with Crippen molar-refractivity contribution in [2.75, 3.05) is 25.3 Å². The van der Waals surface area contributed by atoms with E-state index in [1.165, 1.54) is 24.1 Å². The Bertz CT molecular complexity index is 1100. The molecular weight excluding hydrogens is 381 g/mol. The highest BCUT2D eigenvalue weighted by atomic mass is 19.1. The van der Waals surface area contributed by atoms with Gasteiger partial charge in [0.2, 0.25) is 12.7 Å². The topological polar surface area (TPSA) is 86.9 Å². The Morgan fingerprint density at radius 1 is 1.17 bits per heavy atom. The number of amides is 1. The fourth-order valence-corrected chi connectivity index (χ4v) is 3.50. The number of fused-ring (bicyclic) bond motifs is 1. The Hall–Kier alpha value is -3.62. The molecule has 1 amide bonds. The fraction of sp³-hybridized carbons (Fsp3) is 0.250. The molecule has 8 nitrogen and oxygen atoms in total. The van der Waals surface area contributed by atoms with Crippen LogP contribution in [0.4, 0.5) is 10.1 Å². The van der Waals surface area contributed by atoms with Gasteiger partial charge in [-0.1, -0.05) is 5.16 Å². The third kappa shape index (κ3) is 3.04. The maximum atomic E-state index is 14.0. The van der Waals surface area contributed by atoms with Gasteiger partial charge in [0, 0.05) is 36.2 Å². The highest BCUT2D eigenvalue weighted by molar-refractivity contribution is 5.96. The number of halogens is 1. The summed E-state index contributed by atoms with van der Waals surface area (Å²) in [6.45, 7) is 0.518. The predicted molar refractivity (Wildman–Crippen MR) is 98.5 cm³/mol. The van der Waals surface area contributed by atoms with Crippen molar-refractivity contribution < 1.29 is 27.9 Å². The van der Waals surface area contributed by atoms with Crippen LogP contribution in [-0.4, -0.2) is 36.5 Å². The second kappa shape index (κ2) is 6.77. The summed E-state index contributed by atoms with van der Waals surface area (Å²) in [5.41, 5.74) is 1.17. The number of carbonyl (C=O) groups excluding carboxylic acids is 1. The maximum Gasteiger partial charge on any atom is 0.258 e. The van der Waals surface area contributed by atoms with E-state index in [-0.39, 0.29) is 30.8 Å². The first-order chi connectivity index (χ1) is 14.1. The van der Waals surface area contributed by atoms with E-state index in [9.17, 15) is 9.18 Å². The van der Waals surface area contributed by atoms with Crippen LogP contribution in [0.3, 0.4) is 0 Å². The molecule has 3 aromatic rings. The lowest BCUT2D eigenvalue weighted by Gasteiger charge is -2.16. The minimum absolute atomic E-state index is 0.128. The normalized spacial score (nSPS) is 17.8. The SMILES string of the molecule is COc1ccc(N2CC(c3noc(-c4ccc5c(c4)OCO5)n3)CC2=O)cc1F. The number of methoxy groups -OCH3 is 1. The monoisotopic (exact) mass is 397 g/mol. The van der Waals surface area contributed by atoms with Crippen molar-refractivity contribution in [2.24, 2.45) is 0 Å². The average molecular weight is 397 g/mol. The molecule has 1 unspecified atom stereocenters. The summed E-state index contributed by atoms with van der Waals surface area (Å²) in [4.78, 5) is 18.5. The van der Waals surface area contributed by atoms with Crippen molar-refractivity contribution >= 4 is 11.6 Å². The van der Waals surface area contributed by atoms with Gasteiger partial charge in [-0.3, -0.25) is 4.79 Å². The standard InChI is InChI=1S/C20H16FN3O5/c1-26-15-5-3-13(8-14(15)21)24-9-12(7-18(24)25)19-22-20(29-23-19)11-2-4-16-17(6-11)28-10-27-16/h2-6,8,12H,7,9-10H2,1H3. The molecule has 1 aromatic heterocycles. The summed E-state index contributed by atoms with van der Waals surface area (Å²) in [5, 5.41) is 4.04. The third-order valence-electron chi connectivity index (χ3n) is 5.00. The largest absolute Gasteiger partial charge is 0.494 e. The van der Waals surface area contributed by atoms with E-state index >= 15 is 0 Å². The van der Waals surface area contributed by atoms with Gasteiger partial charge in [0.25, 0.3) is 5.89 Å². The van der Waals surface area contributed by atoms with E-state index in [1.807, 2.05) is 0 Å². The predicted octanol–water partition coefficient (Wildman–Crippen LogP) is 3.13. The summed E-state index contributed by atoms with van der Waals surface area (Å²) in [5.74, 6) is 1.27. The molecule has 2 aliphatic rings. The maximum absolute atomic E-state index is 14.0. The van der Waals surface area contributed by atoms with Crippen LogP contribution in [0.2, 0.25) is 0 Å². The van der Waals surface area contributed by atoms with Gasteiger partial charge < -0.3 is 23.6 Å². The van der Waals surface area contributed by atoms with Crippen LogP contribution in [0, 0.1) is 5.82 Å². The molecular formula is C20H16FN3O5. The fourth-order valence-electron chi connectivity index (χ4n) is 3.50. The molecule has 1 saturated heterocycles. The molecule has 0 saturated carbocycles. The van der Waals surface area contributed by atoms with E-state index in [1.54, 1.807) is 24.3 Å². The van der Waals surface area contributed by atoms with Crippen LogP contribution in [-0.2, 0) is 4.79 Å². The van der Waals surface area contributed by atoms with Crippen LogP contribution in [0.15, 0.2) is 40.9 Å². The zero-order valence-electron chi connectivity index (χ0n) is 15.4. The Morgan fingerprint density at radius 3 is 2.86 bits per heavy atom. The number of benzene rings is 2. The molecule has 0 spiro atoms. The first-order valence-corrected chi connectivity index (χ1v) is 9.00. The summed E-state index contributed by atoms with van der Waals surface area (Å²) in [6.07, 6.45) is 0.216. The molecule has 0 radical (unpaired) electrons. The van der Waals surface area contributed by atoms with E-state index < -0.39 is 5.82 Å². The van der Waals surface area contributed by atoms with Crippen molar-refractivity contribution in [3.8, 4) is 28.7 Å². The molecule has 5 rings (SSSR count). The van der Waals surface area contributed by atoms with Gasteiger partial charge in [-0.25, -0.2) is 4.39 Å². The van der Waals surface area contributed by atoms with Gasteiger partial charge in [-0.15, -0.1) is 0 Å². The minimum atomic E-state index is -0.522. The summed E-state index contributed by atoms with van der Waals surface area (Å²) >= 11 is 0. The number of ether oxygens (including phenoxy) is 3. The Kier molecular flexibility index (Phi) is 4.08. The van der Waals surface area contributed by atoms with E-state index in [4.69, 9.17) is 18.7 Å².